The zero-order valence-corrected chi connectivity index (χ0v) is 21.8. The molecule has 36 heavy (non-hydrogen) atoms. The highest BCUT2D eigenvalue weighted by Crippen LogP contribution is 2.30. The molecule has 3 heterocycles. The maximum atomic E-state index is 13.9. The zero-order valence-electron chi connectivity index (χ0n) is 21.8. The summed E-state index contributed by atoms with van der Waals surface area (Å²) in [6, 6.07) is 16.4. The third-order valence-electron chi connectivity index (χ3n) is 7.37. The first-order valence-electron chi connectivity index (χ1n) is 13.3. The Bertz CT molecular complexity index is 1580. The Morgan fingerprint density at radius 3 is 2.22 bits per heavy atom. The lowest BCUT2D eigenvalue weighted by atomic mass is 9.99. The molecule has 0 N–H and O–H groups in total. The van der Waals surface area contributed by atoms with Gasteiger partial charge in [0.1, 0.15) is 16.7 Å². The summed E-state index contributed by atoms with van der Waals surface area (Å²) in [5.41, 5.74) is 5.71. The molecular weight excluding hydrogens is 446 g/mol. The van der Waals surface area contributed by atoms with E-state index in [2.05, 4.69) is 45.0 Å². The van der Waals surface area contributed by atoms with E-state index in [1.54, 1.807) is 0 Å². The summed E-state index contributed by atoms with van der Waals surface area (Å²) in [6.45, 7) is 9.26. The monoisotopic (exact) mass is 481 g/mol. The second kappa shape index (κ2) is 10.2. The van der Waals surface area contributed by atoms with E-state index in [4.69, 9.17) is 15.0 Å². The quantitative estimate of drug-likeness (QED) is 0.211. The number of fused-ring (bicyclic) bond motifs is 4. The average Bonchev–Trinajstić information content (AvgIpc) is 3.21. The molecule has 3 aromatic heterocycles. The van der Waals surface area contributed by atoms with Crippen LogP contribution in [0.1, 0.15) is 76.6 Å². The Morgan fingerprint density at radius 1 is 0.833 bits per heavy atom. The third-order valence-corrected chi connectivity index (χ3v) is 7.37. The number of para-hydroxylation sites is 2. The fourth-order valence-electron chi connectivity index (χ4n) is 5.00. The molecule has 0 amide bonds. The normalized spacial score (nSPS) is 12.7. The first-order valence-corrected chi connectivity index (χ1v) is 13.3. The lowest BCUT2D eigenvalue weighted by Gasteiger charge is -2.12. The van der Waals surface area contributed by atoms with E-state index < -0.39 is 0 Å². The lowest BCUT2D eigenvalue weighted by Crippen LogP contribution is -2.24. The highest BCUT2D eigenvalue weighted by Gasteiger charge is 2.22. The number of aromatic nitrogens is 5. The smallest absolute Gasteiger partial charge is 0.265 e. The first kappa shape index (κ1) is 24.2. The van der Waals surface area contributed by atoms with Crippen molar-refractivity contribution < 1.29 is 0 Å². The van der Waals surface area contributed by atoms with Gasteiger partial charge in [-0.05, 0) is 55.5 Å². The Balaban J connectivity index is 1.72. The molecule has 0 saturated heterocycles. The van der Waals surface area contributed by atoms with Crippen molar-refractivity contribution in [3.8, 4) is 5.69 Å². The maximum absolute atomic E-state index is 13.9. The third kappa shape index (κ3) is 4.29. The molecule has 0 bridgehead atoms. The van der Waals surface area contributed by atoms with Gasteiger partial charge in [-0.1, -0.05) is 70.7 Å². The molecule has 5 rings (SSSR count). The van der Waals surface area contributed by atoms with Crippen molar-refractivity contribution >= 4 is 33.2 Å². The van der Waals surface area contributed by atoms with Gasteiger partial charge in [-0.3, -0.25) is 13.9 Å². The molecule has 0 fully saturated rings. The van der Waals surface area contributed by atoms with Gasteiger partial charge < -0.3 is 0 Å². The summed E-state index contributed by atoms with van der Waals surface area (Å²) in [6.07, 6.45) is 6.81. The summed E-state index contributed by atoms with van der Waals surface area (Å²) in [5, 5.41) is 0.549. The summed E-state index contributed by atoms with van der Waals surface area (Å²) >= 11 is 0. The number of nitrogens with zero attached hydrogens (tertiary/aromatic N) is 5. The van der Waals surface area contributed by atoms with Crippen LogP contribution in [0.3, 0.4) is 0 Å². The Hall–Kier alpha value is -3.54. The van der Waals surface area contributed by atoms with E-state index in [1.807, 2.05) is 40.3 Å². The van der Waals surface area contributed by atoms with Gasteiger partial charge in [-0.15, -0.1) is 0 Å². The SMILES string of the molecule is CCCCCCCn1c(C)nc2c(c1=O)c1nc3ccccc3nc1n2-c1ccc(C(C)CC)cc1. The molecule has 0 radical (unpaired) electrons. The van der Waals surface area contributed by atoms with Gasteiger partial charge in [0.15, 0.2) is 11.3 Å². The first-order chi connectivity index (χ1) is 17.5. The van der Waals surface area contributed by atoms with E-state index in [0.29, 0.717) is 34.7 Å². The largest absolute Gasteiger partial charge is 0.296 e. The molecule has 0 spiro atoms. The standard InChI is InChI=1S/C30H35N5O/c1-5-7-8-9-12-19-34-21(4)31-28-26(30(34)36)27-29(33-25-14-11-10-13-24(25)32-27)35(28)23-17-15-22(16-18-23)20(3)6-2/h10-11,13-18,20H,5-9,12,19H2,1-4H3. The Labute approximate surface area is 212 Å². The van der Waals surface area contributed by atoms with Crippen LogP contribution < -0.4 is 5.56 Å². The summed E-state index contributed by atoms with van der Waals surface area (Å²) in [5.74, 6) is 1.22. The van der Waals surface area contributed by atoms with Crippen LogP contribution in [0, 0.1) is 6.92 Å². The van der Waals surface area contributed by atoms with Crippen molar-refractivity contribution in [2.75, 3.05) is 0 Å². The summed E-state index contributed by atoms with van der Waals surface area (Å²) < 4.78 is 3.82. The molecule has 0 aliphatic carbocycles. The van der Waals surface area contributed by atoms with Crippen molar-refractivity contribution in [3.63, 3.8) is 0 Å². The molecule has 2 aromatic carbocycles. The number of rotatable bonds is 9. The van der Waals surface area contributed by atoms with E-state index in [9.17, 15) is 4.79 Å². The molecule has 5 aromatic rings. The highest BCUT2D eigenvalue weighted by molar-refractivity contribution is 6.05. The minimum absolute atomic E-state index is 0.0300. The second-order valence-electron chi connectivity index (χ2n) is 9.85. The van der Waals surface area contributed by atoms with Crippen molar-refractivity contribution in [2.24, 2.45) is 0 Å². The average molecular weight is 482 g/mol. The number of benzene rings is 2. The van der Waals surface area contributed by atoms with Crippen molar-refractivity contribution in [1.29, 1.82) is 0 Å². The molecular formula is C30H35N5O. The van der Waals surface area contributed by atoms with Crippen LogP contribution in [-0.4, -0.2) is 24.1 Å². The van der Waals surface area contributed by atoms with E-state index in [1.165, 1.54) is 24.8 Å². The van der Waals surface area contributed by atoms with Gasteiger partial charge in [0.25, 0.3) is 5.56 Å². The number of unbranched alkanes of at least 4 members (excludes halogenated alkanes) is 4. The van der Waals surface area contributed by atoms with Crippen LogP contribution >= 0.6 is 0 Å². The topological polar surface area (TPSA) is 65.6 Å². The molecule has 6 nitrogen and oxygen atoms in total. The molecule has 0 saturated carbocycles. The minimum Gasteiger partial charge on any atom is -0.296 e. The molecule has 1 unspecified atom stereocenters. The predicted molar refractivity (Wildman–Crippen MR) is 148 cm³/mol. The highest BCUT2D eigenvalue weighted by atomic mass is 16.1. The number of aryl methyl sites for hydroxylation is 1. The molecule has 186 valence electrons. The van der Waals surface area contributed by atoms with Crippen LogP contribution in [0.5, 0.6) is 0 Å². The fraction of sp³-hybridized carbons (Fsp3) is 0.400. The van der Waals surface area contributed by atoms with Gasteiger partial charge in [0.05, 0.1) is 11.0 Å². The lowest BCUT2D eigenvalue weighted by molar-refractivity contribution is 0.546. The minimum atomic E-state index is -0.0300. The van der Waals surface area contributed by atoms with Gasteiger partial charge in [-0.2, -0.15) is 0 Å². The number of hydrogen-bond donors (Lipinski definition) is 0. The van der Waals surface area contributed by atoms with Crippen LogP contribution in [0.4, 0.5) is 0 Å². The van der Waals surface area contributed by atoms with Crippen LogP contribution in [0.25, 0.3) is 38.9 Å². The second-order valence-corrected chi connectivity index (χ2v) is 9.85. The molecule has 1 atom stereocenters. The van der Waals surface area contributed by atoms with Crippen LogP contribution in [-0.2, 0) is 6.54 Å². The van der Waals surface area contributed by atoms with Crippen molar-refractivity contribution in [1.82, 2.24) is 24.1 Å². The molecule has 0 aliphatic rings. The van der Waals surface area contributed by atoms with Crippen molar-refractivity contribution in [2.45, 2.75) is 78.7 Å². The summed E-state index contributed by atoms with van der Waals surface area (Å²) in [7, 11) is 0. The fourth-order valence-corrected chi connectivity index (χ4v) is 5.00. The Kier molecular flexibility index (Phi) is 6.86. The van der Waals surface area contributed by atoms with Gasteiger partial charge >= 0.3 is 0 Å². The molecule has 6 heteroatoms. The maximum Gasteiger partial charge on any atom is 0.265 e. The van der Waals surface area contributed by atoms with E-state index in [0.717, 1.165) is 41.8 Å². The Morgan fingerprint density at radius 2 is 1.53 bits per heavy atom. The molecule has 0 aliphatic heterocycles. The van der Waals surface area contributed by atoms with E-state index >= 15 is 0 Å². The summed E-state index contributed by atoms with van der Waals surface area (Å²) in [4.78, 5) is 28.8. The van der Waals surface area contributed by atoms with Gasteiger partial charge in [0, 0.05) is 12.2 Å². The predicted octanol–water partition coefficient (Wildman–Crippen LogP) is 7.08. The van der Waals surface area contributed by atoms with Gasteiger partial charge in [0.2, 0.25) is 0 Å². The van der Waals surface area contributed by atoms with Crippen molar-refractivity contribution in [3.05, 3.63) is 70.3 Å². The van der Waals surface area contributed by atoms with Crippen LogP contribution in [0.2, 0.25) is 0 Å². The van der Waals surface area contributed by atoms with Crippen LogP contribution in [0.15, 0.2) is 53.3 Å². The van der Waals surface area contributed by atoms with Gasteiger partial charge in [-0.25, -0.2) is 15.0 Å². The zero-order chi connectivity index (χ0) is 25.2. The number of hydrogen-bond acceptors (Lipinski definition) is 4. The van der Waals surface area contributed by atoms with E-state index in [-0.39, 0.29) is 5.56 Å².